The van der Waals surface area contributed by atoms with Gasteiger partial charge in [-0.2, -0.15) is 23.3 Å². The molecule has 2 aromatic rings. The molecule has 2 aromatic carbocycles. The van der Waals surface area contributed by atoms with Crippen molar-refractivity contribution in [2.75, 3.05) is 0 Å². The number of carbonyl (C=O) groups excluding carboxylic acids is 1. The van der Waals surface area contributed by atoms with Gasteiger partial charge in [0.1, 0.15) is 0 Å². The highest BCUT2D eigenvalue weighted by molar-refractivity contribution is 6.03. The van der Waals surface area contributed by atoms with Crippen LogP contribution in [0.1, 0.15) is 28.7 Å². The van der Waals surface area contributed by atoms with Crippen LogP contribution in [0.5, 0.6) is 0 Å². The van der Waals surface area contributed by atoms with Gasteiger partial charge in [0.05, 0.1) is 18.6 Å². The van der Waals surface area contributed by atoms with E-state index in [1.165, 1.54) is 0 Å². The summed E-state index contributed by atoms with van der Waals surface area (Å²) >= 11 is 0. The maximum Gasteiger partial charge on any atom is 0.438 e. The third-order valence-corrected chi connectivity index (χ3v) is 4.63. The van der Waals surface area contributed by atoms with Gasteiger partial charge in [0.25, 0.3) is 5.72 Å². The Kier molecular flexibility index (Phi) is 4.82. The average Bonchev–Trinajstić information content (AvgIpc) is 2.96. The Morgan fingerprint density at radius 2 is 1.89 bits per heavy atom. The molecule has 0 radical (unpaired) electrons. The van der Waals surface area contributed by atoms with Crippen molar-refractivity contribution in [3.05, 3.63) is 70.8 Å². The molecular formula is C20H19F3N2O2. The molecule has 0 spiro atoms. The summed E-state index contributed by atoms with van der Waals surface area (Å²) in [5.41, 5.74) is -0.670. The summed E-state index contributed by atoms with van der Waals surface area (Å²) < 4.78 is 40.9. The third-order valence-electron chi connectivity index (χ3n) is 4.63. The summed E-state index contributed by atoms with van der Waals surface area (Å²) in [5.74, 6) is -0.910. The first kappa shape index (κ1) is 19.1. The van der Waals surface area contributed by atoms with E-state index in [-0.39, 0.29) is 17.1 Å². The summed E-state index contributed by atoms with van der Waals surface area (Å²) in [5, 5.41) is 14.4. The van der Waals surface area contributed by atoms with Crippen LogP contribution < -0.4 is 0 Å². The molecule has 1 amide bonds. The molecule has 0 saturated carbocycles. The molecule has 7 heteroatoms. The quantitative estimate of drug-likeness (QED) is 0.887. The van der Waals surface area contributed by atoms with Crippen LogP contribution in [0.2, 0.25) is 0 Å². The van der Waals surface area contributed by atoms with E-state index in [0.717, 1.165) is 11.1 Å². The molecule has 3 rings (SSSR count). The summed E-state index contributed by atoms with van der Waals surface area (Å²) in [7, 11) is 0. The number of hydrazone groups is 1. The monoisotopic (exact) mass is 376 g/mol. The fourth-order valence-corrected chi connectivity index (χ4v) is 3.06. The molecule has 4 nitrogen and oxygen atoms in total. The first-order valence-corrected chi connectivity index (χ1v) is 8.43. The minimum absolute atomic E-state index is 0.0247. The lowest BCUT2D eigenvalue weighted by molar-refractivity contribution is -0.302. The number of nitrogens with zero attached hydrogens (tertiary/aromatic N) is 2. The molecular weight excluding hydrogens is 357 g/mol. The van der Waals surface area contributed by atoms with Crippen LogP contribution in [0.25, 0.3) is 0 Å². The van der Waals surface area contributed by atoms with Crippen molar-refractivity contribution in [1.29, 1.82) is 0 Å². The SMILES string of the molecule is Cc1cccc(C2=NN(C(=O)Cc3ccccc3C)C(O)(C(F)(F)F)C2)c1. The van der Waals surface area contributed by atoms with Crippen molar-refractivity contribution in [1.82, 2.24) is 5.01 Å². The molecule has 27 heavy (non-hydrogen) atoms. The van der Waals surface area contributed by atoms with Gasteiger partial charge in [0, 0.05) is 0 Å². The number of halogens is 3. The van der Waals surface area contributed by atoms with Gasteiger partial charge < -0.3 is 5.11 Å². The molecule has 0 fully saturated rings. The van der Waals surface area contributed by atoms with Gasteiger partial charge in [-0.15, -0.1) is 0 Å². The van der Waals surface area contributed by atoms with E-state index in [2.05, 4.69) is 5.10 Å². The van der Waals surface area contributed by atoms with Gasteiger partial charge in [0.2, 0.25) is 5.91 Å². The van der Waals surface area contributed by atoms with Crippen molar-refractivity contribution in [3.63, 3.8) is 0 Å². The number of amides is 1. The smallest absolute Gasteiger partial charge is 0.362 e. The molecule has 1 atom stereocenters. The van der Waals surface area contributed by atoms with Crippen molar-refractivity contribution in [2.45, 2.75) is 38.6 Å². The second kappa shape index (κ2) is 6.81. The number of hydrogen-bond donors (Lipinski definition) is 1. The van der Waals surface area contributed by atoms with Crippen molar-refractivity contribution < 1.29 is 23.1 Å². The molecule has 1 aliphatic rings. The predicted molar refractivity (Wildman–Crippen MR) is 95.1 cm³/mol. The lowest BCUT2D eigenvalue weighted by Crippen LogP contribution is -2.57. The second-order valence-electron chi connectivity index (χ2n) is 6.72. The highest BCUT2D eigenvalue weighted by atomic mass is 19.4. The van der Waals surface area contributed by atoms with E-state index < -0.39 is 24.2 Å². The van der Waals surface area contributed by atoms with Crippen LogP contribution in [0.4, 0.5) is 13.2 Å². The van der Waals surface area contributed by atoms with Crippen molar-refractivity contribution >= 4 is 11.6 Å². The van der Waals surface area contributed by atoms with E-state index >= 15 is 0 Å². The van der Waals surface area contributed by atoms with Crippen molar-refractivity contribution in [3.8, 4) is 0 Å². The summed E-state index contributed by atoms with van der Waals surface area (Å²) in [6.45, 7) is 3.57. The molecule has 1 unspecified atom stereocenters. The van der Waals surface area contributed by atoms with Gasteiger partial charge >= 0.3 is 6.18 Å². The van der Waals surface area contributed by atoms with Crippen LogP contribution in [-0.4, -0.2) is 33.6 Å². The lowest BCUT2D eigenvalue weighted by Gasteiger charge is -2.32. The Bertz CT molecular complexity index is 908. The molecule has 0 saturated heterocycles. The number of alkyl halides is 3. The number of aryl methyl sites for hydroxylation is 2. The normalized spacial score (nSPS) is 19.9. The number of aliphatic hydroxyl groups is 1. The maximum absolute atomic E-state index is 13.6. The highest BCUT2D eigenvalue weighted by Gasteiger charge is 2.63. The third kappa shape index (κ3) is 3.60. The largest absolute Gasteiger partial charge is 0.438 e. The molecule has 0 bridgehead atoms. The topological polar surface area (TPSA) is 52.9 Å². The number of hydrogen-bond acceptors (Lipinski definition) is 3. The number of benzene rings is 2. The molecule has 1 aliphatic heterocycles. The van der Waals surface area contributed by atoms with E-state index in [1.54, 1.807) is 62.4 Å². The van der Waals surface area contributed by atoms with Crippen LogP contribution >= 0.6 is 0 Å². The number of carbonyl (C=O) groups is 1. The highest BCUT2D eigenvalue weighted by Crippen LogP contribution is 2.41. The first-order chi connectivity index (χ1) is 12.6. The van der Waals surface area contributed by atoms with Gasteiger partial charge in [-0.05, 0) is 30.5 Å². The molecule has 142 valence electrons. The van der Waals surface area contributed by atoms with E-state index in [4.69, 9.17) is 0 Å². The van der Waals surface area contributed by atoms with Crippen LogP contribution in [0.15, 0.2) is 53.6 Å². The maximum atomic E-state index is 13.6. The lowest BCUT2D eigenvalue weighted by atomic mass is 9.99. The Morgan fingerprint density at radius 1 is 1.19 bits per heavy atom. The zero-order chi connectivity index (χ0) is 19.8. The fourth-order valence-electron chi connectivity index (χ4n) is 3.06. The minimum Gasteiger partial charge on any atom is -0.362 e. The van der Waals surface area contributed by atoms with Crippen molar-refractivity contribution in [2.24, 2.45) is 5.10 Å². The molecule has 0 aliphatic carbocycles. The van der Waals surface area contributed by atoms with Crippen LogP contribution in [0.3, 0.4) is 0 Å². The molecule has 1 heterocycles. The zero-order valence-electron chi connectivity index (χ0n) is 14.9. The first-order valence-electron chi connectivity index (χ1n) is 8.43. The van der Waals surface area contributed by atoms with E-state index in [0.29, 0.717) is 11.1 Å². The van der Waals surface area contributed by atoms with E-state index in [1.807, 2.05) is 0 Å². The Labute approximate surface area is 154 Å². The summed E-state index contributed by atoms with van der Waals surface area (Å²) in [6, 6.07) is 13.7. The Morgan fingerprint density at radius 3 is 2.52 bits per heavy atom. The second-order valence-corrected chi connectivity index (χ2v) is 6.72. The zero-order valence-corrected chi connectivity index (χ0v) is 14.9. The average molecular weight is 376 g/mol. The van der Waals surface area contributed by atoms with Crippen LogP contribution in [0, 0.1) is 13.8 Å². The summed E-state index contributed by atoms with van der Waals surface area (Å²) in [4.78, 5) is 12.6. The molecule has 1 N–H and O–H groups in total. The molecule has 0 aromatic heterocycles. The predicted octanol–water partition coefficient (Wildman–Crippen LogP) is 3.73. The Balaban J connectivity index is 1.97. The van der Waals surface area contributed by atoms with Gasteiger partial charge in [0.15, 0.2) is 0 Å². The Hall–Kier alpha value is -2.67. The fraction of sp³-hybridized carbons (Fsp3) is 0.300. The van der Waals surface area contributed by atoms with Crippen LogP contribution in [-0.2, 0) is 11.2 Å². The van der Waals surface area contributed by atoms with Gasteiger partial charge in [-0.3, -0.25) is 4.79 Å². The summed E-state index contributed by atoms with van der Waals surface area (Å²) in [6.07, 6.45) is -6.13. The minimum atomic E-state index is -5.04. The van der Waals surface area contributed by atoms with Gasteiger partial charge in [-0.1, -0.05) is 54.1 Å². The number of rotatable bonds is 3. The van der Waals surface area contributed by atoms with E-state index in [9.17, 15) is 23.1 Å². The van der Waals surface area contributed by atoms with Gasteiger partial charge in [-0.25, -0.2) is 0 Å². The standard InChI is InChI=1S/C20H19F3N2O2/c1-13-6-5-9-16(10-13)17-12-19(27,20(21,22)23)25(24-17)18(26)11-15-8-4-3-7-14(15)2/h3-10,27H,11-12H2,1-2H3.